The molecule has 0 radical (unpaired) electrons. The van der Waals surface area contributed by atoms with Crippen LogP contribution >= 0.6 is 0 Å². The van der Waals surface area contributed by atoms with Crippen LogP contribution in [-0.4, -0.2) is 24.3 Å². The van der Waals surface area contributed by atoms with Gasteiger partial charge >= 0.3 is 6.16 Å². The quantitative estimate of drug-likeness (QED) is 0.111. The molecule has 0 saturated carbocycles. The number of fused-ring (bicyclic) bond motifs is 2. The summed E-state index contributed by atoms with van der Waals surface area (Å²) in [6.07, 6.45) is 18.3. The van der Waals surface area contributed by atoms with E-state index in [4.69, 9.17) is 9.47 Å². The maximum absolute atomic E-state index is 12.8. The van der Waals surface area contributed by atoms with Crippen LogP contribution < -0.4 is 0 Å². The minimum absolute atomic E-state index is 0.0102. The molecular formula is C32H40O5. The molecule has 0 atom stereocenters. The fraction of sp³-hybridized carbons (Fsp3) is 0.469. The lowest BCUT2D eigenvalue weighted by Crippen LogP contribution is -2.21. The van der Waals surface area contributed by atoms with Gasteiger partial charge in [-0.3, -0.25) is 9.59 Å². The first-order valence-corrected chi connectivity index (χ1v) is 13.9. The molecule has 0 amide bonds. The van der Waals surface area contributed by atoms with E-state index in [-0.39, 0.29) is 18.2 Å². The van der Waals surface area contributed by atoms with Crippen molar-refractivity contribution in [3.8, 4) is 0 Å². The minimum Gasteiger partial charge on any atom is -0.434 e. The van der Waals surface area contributed by atoms with Crippen molar-refractivity contribution in [1.29, 1.82) is 0 Å². The monoisotopic (exact) mass is 504 g/mol. The first-order valence-electron chi connectivity index (χ1n) is 13.9. The van der Waals surface area contributed by atoms with E-state index in [9.17, 15) is 14.4 Å². The second-order valence-electron chi connectivity index (χ2n) is 9.70. The number of allylic oxidation sites excluding steroid dienone is 2. The highest BCUT2D eigenvalue weighted by atomic mass is 16.7. The van der Waals surface area contributed by atoms with E-state index >= 15 is 0 Å². The minimum atomic E-state index is -0.714. The van der Waals surface area contributed by atoms with Gasteiger partial charge in [0.2, 0.25) is 0 Å². The molecule has 1 aliphatic rings. The van der Waals surface area contributed by atoms with Gasteiger partial charge in [-0.1, -0.05) is 101 Å². The van der Waals surface area contributed by atoms with Gasteiger partial charge in [-0.15, -0.1) is 0 Å². The van der Waals surface area contributed by atoms with Crippen molar-refractivity contribution in [2.75, 3.05) is 6.61 Å². The van der Waals surface area contributed by atoms with Crippen LogP contribution in [0.4, 0.5) is 4.79 Å². The summed E-state index contributed by atoms with van der Waals surface area (Å²) in [5, 5.41) is 0. The van der Waals surface area contributed by atoms with Crippen molar-refractivity contribution in [3.63, 3.8) is 0 Å². The van der Waals surface area contributed by atoms with Gasteiger partial charge in [0.05, 0.1) is 6.61 Å². The van der Waals surface area contributed by atoms with Crippen LogP contribution in [0.2, 0.25) is 0 Å². The van der Waals surface area contributed by atoms with Crippen molar-refractivity contribution in [2.24, 2.45) is 0 Å². The molecule has 37 heavy (non-hydrogen) atoms. The zero-order valence-electron chi connectivity index (χ0n) is 22.1. The lowest BCUT2D eigenvalue weighted by Gasteiger charge is -2.18. The molecule has 2 aromatic carbocycles. The number of hydrogen-bond donors (Lipinski definition) is 0. The molecular weight excluding hydrogens is 464 g/mol. The Morgan fingerprint density at radius 3 is 1.92 bits per heavy atom. The van der Waals surface area contributed by atoms with Crippen molar-refractivity contribution in [3.05, 3.63) is 82.4 Å². The molecule has 1 aliphatic carbocycles. The van der Waals surface area contributed by atoms with Gasteiger partial charge in [0.25, 0.3) is 0 Å². The first kappa shape index (κ1) is 28.4. The van der Waals surface area contributed by atoms with Gasteiger partial charge in [-0.25, -0.2) is 4.79 Å². The highest BCUT2D eigenvalue weighted by Gasteiger charge is 2.29. The van der Waals surface area contributed by atoms with E-state index < -0.39 is 6.16 Å². The maximum atomic E-state index is 12.8. The number of carbonyl (C=O) groups is 3. The summed E-state index contributed by atoms with van der Waals surface area (Å²) in [5.74, 6) is -0.354. The average Bonchev–Trinajstić information content (AvgIpc) is 2.92. The third-order valence-electron chi connectivity index (χ3n) is 6.72. The maximum Gasteiger partial charge on any atom is 0.508 e. The van der Waals surface area contributed by atoms with Gasteiger partial charge in [-0.05, 0) is 43.4 Å². The zero-order valence-corrected chi connectivity index (χ0v) is 22.1. The molecule has 198 valence electrons. The summed E-state index contributed by atoms with van der Waals surface area (Å²) in [6, 6.07) is 11.8. The van der Waals surface area contributed by atoms with Crippen molar-refractivity contribution >= 4 is 17.7 Å². The molecule has 0 fully saturated rings. The van der Waals surface area contributed by atoms with Gasteiger partial charge < -0.3 is 9.47 Å². The Morgan fingerprint density at radius 2 is 1.24 bits per heavy atom. The molecule has 0 aromatic heterocycles. The molecule has 2 aromatic rings. The van der Waals surface area contributed by atoms with E-state index in [1.165, 1.54) is 57.8 Å². The van der Waals surface area contributed by atoms with E-state index in [2.05, 4.69) is 19.1 Å². The van der Waals surface area contributed by atoms with Crippen LogP contribution in [0.5, 0.6) is 0 Å². The Kier molecular flexibility index (Phi) is 12.1. The lowest BCUT2D eigenvalue weighted by atomic mass is 9.83. The highest BCUT2D eigenvalue weighted by Crippen LogP contribution is 2.28. The van der Waals surface area contributed by atoms with Gasteiger partial charge in [0.1, 0.15) is 6.61 Å². The normalized spacial score (nSPS) is 12.5. The number of ether oxygens (including phenoxy) is 2. The third kappa shape index (κ3) is 8.99. The zero-order chi connectivity index (χ0) is 26.3. The first-order chi connectivity index (χ1) is 18.1. The molecule has 0 saturated heterocycles. The van der Waals surface area contributed by atoms with Crippen LogP contribution in [0.3, 0.4) is 0 Å². The van der Waals surface area contributed by atoms with Gasteiger partial charge in [0.15, 0.2) is 11.6 Å². The predicted molar refractivity (Wildman–Crippen MR) is 146 cm³/mol. The molecule has 5 heteroatoms. The topological polar surface area (TPSA) is 69.7 Å². The number of unbranched alkanes of at least 4 members (excludes halogenated alkanes) is 10. The number of hydrogen-bond acceptors (Lipinski definition) is 5. The summed E-state index contributed by atoms with van der Waals surface area (Å²) in [7, 11) is 0. The van der Waals surface area contributed by atoms with Crippen molar-refractivity contribution < 1.29 is 23.9 Å². The lowest BCUT2D eigenvalue weighted by molar-refractivity contribution is 0.0487. The van der Waals surface area contributed by atoms with E-state index in [1.807, 2.05) is 0 Å². The average molecular weight is 505 g/mol. The van der Waals surface area contributed by atoms with Crippen LogP contribution in [0.15, 0.2) is 54.6 Å². The fourth-order valence-electron chi connectivity index (χ4n) is 4.56. The Hall–Kier alpha value is -3.21. The number of benzene rings is 2. The number of carbonyl (C=O) groups excluding carboxylic acids is 3. The van der Waals surface area contributed by atoms with Crippen molar-refractivity contribution in [1.82, 2.24) is 0 Å². The molecule has 0 N–H and O–H groups in total. The summed E-state index contributed by atoms with van der Waals surface area (Å²) in [6.45, 7) is 2.56. The molecule has 5 nitrogen and oxygen atoms in total. The predicted octanol–water partition coefficient (Wildman–Crippen LogP) is 8.37. The molecule has 3 rings (SSSR count). The highest BCUT2D eigenvalue weighted by molar-refractivity contribution is 6.28. The summed E-state index contributed by atoms with van der Waals surface area (Å²) in [5.41, 5.74) is 2.20. The summed E-state index contributed by atoms with van der Waals surface area (Å²) < 4.78 is 10.4. The molecule has 0 heterocycles. The largest absolute Gasteiger partial charge is 0.508 e. The van der Waals surface area contributed by atoms with Crippen LogP contribution in [0.1, 0.15) is 121 Å². The Bertz CT molecular complexity index is 1070. The molecule has 0 spiro atoms. The Morgan fingerprint density at radius 1 is 0.676 bits per heavy atom. The second kappa shape index (κ2) is 15.8. The van der Waals surface area contributed by atoms with E-state index in [0.717, 1.165) is 19.3 Å². The third-order valence-corrected chi connectivity index (χ3v) is 6.72. The van der Waals surface area contributed by atoms with E-state index in [0.29, 0.717) is 34.4 Å². The smallest absolute Gasteiger partial charge is 0.434 e. The summed E-state index contributed by atoms with van der Waals surface area (Å²) >= 11 is 0. The van der Waals surface area contributed by atoms with Gasteiger partial charge in [-0.2, -0.15) is 0 Å². The fourth-order valence-corrected chi connectivity index (χ4v) is 4.56. The van der Waals surface area contributed by atoms with Gasteiger partial charge in [0, 0.05) is 22.3 Å². The Balaban J connectivity index is 1.24. The van der Waals surface area contributed by atoms with Crippen LogP contribution in [-0.2, 0) is 16.1 Å². The molecule has 0 aliphatic heterocycles. The Labute approximate surface area is 221 Å². The van der Waals surface area contributed by atoms with Crippen LogP contribution in [0.25, 0.3) is 0 Å². The molecule has 0 bridgehead atoms. The number of rotatable bonds is 16. The van der Waals surface area contributed by atoms with Crippen molar-refractivity contribution in [2.45, 2.75) is 90.6 Å². The van der Waals surface area contributed by atoms with Crippen LogP contribution in [0, 0.1) is 0 Å². The SMILES string of the molecule is CCCC/C=C\CCCCCCCCCCOC(=O)OCc1ccc2c(c1)C(=O)c1ccccc1C2=O. The second-order valence-corrected chi connectivity index (χ2v) is 9.70. The standard InChI is InChI=1S/C32H40O5/c1-2-3-4-5-6-7-8-9-10-11-12-13-14-17-22-36-32(35)37-24-25-20-21-28-29(23-25)31(34)27-19-16-15-18-26(27)30(28)33/h5-6,15-16,18-21,23H,2-4,7-14,17,22,24H2,1H3/b6-5-. The number of ketones is 2. The summed E-state index contributed by atoms with van der Waals surface area (Å²) in [4.78, 5) is 37.5. The van der Waals surface area contributed by atoms with E-state index in [1.54, 1.807) is 42.5 Å². The molecule has 0 unspecified atom stereocenters.